The molecule has 0 aromatic heterocycles. The van der Waals surface area contributed by atoms with Gasteiger partial charge in [-0.05, 0) is 32.1 Å². The van der Waals surface area contributed by atoms with Crippen LogP contribution in [-0.4, -0.2) is 24.6 Å². The maximum atomic E-state index is 11.8. The first-order valence-corrected chi connectivity index (χ1v) is 14.5. The van der Waals surface area contributed by atoms with Crippen LogP contribution in [0.25, 0.3) is 0 Å². The summed E-state index contributed by atoms with van der Waals surface area (Å²) < 4.78 is 10.8. The van der Waals surface area contributed by atoms with Crippen LogP contribution >= 0.6 is 0 Å². The second kappa shape index (κ2) is 25.6. The van der Waals surface area contributed by atoms with E-state index < -0.39 is 0 Å². The van der Waals surface area contributed by atoms with Crippen LogP contribution in [0.2, 0.25) is 0 Å². The molecule has 0 radical (unpaired) electrons. The smallest absolute Gasteiger partial charge is 0.306 e. The van der Waals surface area contributed by atoms with Gasteiger partial charge in [-0.2, -0.15) is 0 Å². The maximum absolute atomic E-state index is 11.8. The third-order valence-corrected chi connectivity index (χ3v) is 6.39. The Morgan fingerprint density at radius 1 is 0.545 bits per heavy atom. The number of esters is 2. The zero-order chi connectivity index (χ0) is 24.4. The molecule has 0 saturated carbocycles. The Hall–Kier alpha value is -1.06. The minimum Gasteiger partial charge on any atom is -0.466 e. The van der Waals surface area contributed by atoms with Gasteiger partial charge in [0.1, 0.15) is 6.10 Å². The molecular weight excluding hydrogens is 412 g/mol. The van der Waals surface area contributed by atoms with Crippen LogP contribution in [0.5, 0.6) is 0 Å². The summed E-state index contributed by atoms with van der Waals surface area (Å²) in [6.45, 7) is 6.95. The topological polar surface area (TPSA) is 52.6 Å². The van der Waals surface area contributed by atoms with Gasteiger partial charge in [-0.3, -0.25) is 9.59 Å². The molecule has 1 atom stereocenters. The van der Waals surface area contributed by atoms with E-state index in [0.29, 0.717) is 32.3 Å². The van der Waals surface area contributed by atoms with Crippen molar-refractivity contribution in [2.45, 2.75) is 168 Å². The SMILES string of the molecule is CCCCCCCCCCCCCCCCCOC(=O)CCCCC(=O)OC(CC)CCC. The Balaban J connectivity index is 3.32. The molecule has 0 aromatic carbocycles. The molecule has 0 heterocycles. The summed E-state index contributed by atoms with van der Waals surface area (Å²) in [5, 5.41) is 0. The first-order valence-electron chi connectivity index (χ1n) is 14.5. The van der Waals surface area contributed by atoms with E-state index in [4.69, 9.17) is 9.47 Å². The van der Waals surface area contributed by atoms with Crippen molar-refractivity contribution in [3.63, 3.8) is 0 Å². The fourth-order valence-electron chi connectivity index (χ4n) is 4.18. The molecule has 0 spiro atoms. The molecule has 33 heavy (non-hydrogen) atoms. The van der Waals surface area contributed by atoms with Crippen LogP contribution in [0.4, 0.5) is 0 Å². The number of carbonyl (C=O) groups is 2. The van der Waals surface area contributed by atoms with Gasteiger partial charge in [-0.1, -0.05) is 117 Å². The highest BCUT2D eigenvalue weighted by molar-refractivity contribution is 5.70. The Morgan fingerprint density at radius 2 is 1.00 bits per heavy atom. The van der Waals surface area contributed by atoms with Gasteiger partial charge in [-0.25, -0.2) is 0 Å². The van der Waals surface area contributed by atoms with E-state index in [0.717, 1.165) is 32.1 Å². The maximum Gasteiger partial charge on any atom is 0.306 e. The summed E-state index contributed by atoms with van der Waals surface area (Å²) in [5.41, 5.74) is 0. The standard InChI is InChI=1S/C29H56O4/c1-4-7-8-9-10-11-12-13-14-15-16-17-18-19-22-26-32-28(30)24-20-21-25-29(31)33-27(6-3)23-5-2/h27H,4-26H2,1-3H3. The summed E-state index contributed by atoms with van der Waals surface area (Å²) in [5.74, 6) is -0.271. The number of hydrogen-bond acceptors (Lipinski definition) is 4. The van der Waals surface area contributed by atoms with Crippen molar-refractivity contribution in [1.29, 1.82) is 0 Å². The van der Waals surface area contributed by atoms with E-state index in [2.05, 4.69) is 13.8 Å². The molecular formula is C29H56O4. The summed E-state index contributed by atoms with van der Waals surface area (Å²) in [7, 11) is 0. The molecule has 1 unspecified atom stereocenters. The molecule has 0 aliphatic carbocycles. The number of rotatable bonds is 25. The van der Waals surface area contributed by atoms with Crippen LogP contribution in [0.3, 0.4) is 0 Å². The largest absolute Gasteiger partial charge is 0.466 e. The Morgan fingerprint density at radius 3 is 1.45 bits per heavy atom. The second-order valence-corrected chi connectivity index (χ2v) is 9.69. The summed E-state index contributed by atoms with van der Waals surface area (Å²) >= 11 is 0. The number of hydrogen-bond donors (Lipinski definition) is 0. The molecule has 4 nitrogen and oxygen atoms in total. The molecule has 0 fully saturated rings. The van der Waals surface area contributed by atoms with Crippen LogP contribution in [0.1, 0.15) is 162 Å². The average molecular weight is 469 g/mol. The minimum absolute atomic E-state index is 0.0439. The van der Waals surface area contributed by atoms with Crippen molar-refractivity contribution in [3.05, 3.63) is 0 Å². The fourth-order valence-corrected chi connectivity index (χ4v) is 4.18. The lowest BCUT2D eigenvalue weighted by Crippen LogP contribution is -2.17. The zero-order valence-electron chi connectivity index (χ0n) is 22.5. The van der Waals surface area contributed by atoms with Gasteiger partial charge in [0.05, 0.1) is 6.61 Å². The van der Waals surface area contributed by atoms with Gasteiger partial charge >= 0.3 is 11.9 Å². The van der Waals surface area contributed by atoms with Gasteiger partial charge in [-0.15, -0.1) is 0 Å². The first kappa shape index (κ1) is 31.9. The van der Waals surface area contributed by atoms with E-state index in [1.165, 1.54) is 83.5 Å². The van der Waals surface area contributed by atoms with Crippen LogP contribution in [-0.2, 0) is 19.1 Å². The summed E-state index contributed by atoms with van der Waals surface area (Å²) in [6.07, 6.45) is 25.1. The van der Waals surface area contributed by atoms with Crippen molar-refractivity contribution in [1.82, 2.24) is 0 Å². The lowest BCUT2D eigenvalue weighted by Gasteiger charge is -2.15. The minimum atomic E-state index is -0.138. The zero-order valence-corrected chi connectivity index (χ0v) is 22.5. The third kappa shape index (κ3) is 23.9. The molecule has 0 aliphatic heterocycles. The van der Waals surface area contributed by atoms with Crippen molar-refractivity contribution < 1.29 is 19.1 Å². The average Bonchev–Trinajstić information content (AvgIpc) is 2.81. The lowest BCUT2D eigenvalue weighted by molar-refractivity contribution is -0.150. The Labute approximate surface area is 206 Å². The van der Waals surface area contributed by atoms with Crippen LogP contribution < -0.4 is 0 Å². The highest BCUT2D eigenvalue weighted by Gasteiger charge is 2.12. The molecule has 0 aromatic rings. The summed E-state index contributed by atoms with van der Waals surface area (Å²) in [6, 6.07) is 0. The van der Waals surface area contributed by atoms with Gasteiger partial charge in [0, 0.05) is 12.8 Å². The Kier molecular flexibility index (Phi) is 24.7. The van der Waals surface area contributed by atoms with Crippen molar-refractivity contribution in [2.75, 3.05) is 6.61 Å². The quantitative estimate of drug-likeness (QED) is 0.0990. The van der Waals surface area contributed by atoms with Crippen molar-refractivity contribution in [2.24, 2.45) is 0 Å². The van der Waals surface area contributed by atoms with Crippen LogP contribution in [0, 0.1) is 0 Å². The Bertz CT molecular complexity index is 435. The van der Waals surface area contributed by atoms with Crippen molar-refractivity contribution in [3.8, 4) is 0 Å². The third-order valence-electron chi connectivity index (χ3n) is 6.39. The first-order chi connectivity index (χ1) is 16.1. The predicted molar refractivity (Wildman–Crippen MR) is 139 cm³/mol. The highest BCUT2D eigenvalue weighted by atomic mass is 16.5. The molecule has 0 rings (SSSR count). The molecule has 196 valence electrons. The van der Waals surface area contributed by atoms with Gasteiger partial charge in [0.2, 0.25) is 0 Å². The van der Waals surface area contributed by atoms with Crippen LogP contribution in [0.15, 0.2) is 0 Å². The van der Waals surface area contributed by atoms with E-state index in [1.807, 2.05) is 6.92 Å². The molecule has 0 bridgehead atoms. The normalized spacial score (nSPS) is 12.0. The molecule has 4 heteroatoms. The fraction of sp³-hybridized carbons (Fsp3) is 0.931. The number of carbonyl (C=O) groups excluding carboxylic acids is 2. The van der Waals surface area contributed by atoms with Gasteiger partial charge < -0.3 is 9.47 Å². The van der Waals surface area contributed by atoms with Gasteiger partial charge in [0.25, 0.3) is 0 Å². The predicted octanol–water partition coefficient (Wildman–Crippen LogP) is 9.08. The monoisotopic (exact) mass is 468 g/mol. The summed E-state index contributed by atoms with van der Waals surface area (Å²) in [4.78, 5) is 23.6. The highest BCUT2D eigenvalue weighted by Crippen LogP contribution is 2.14. The molecule has 0 amide bonds. The lowest BCUT2D eigenvalue weighted by atomic mass is 10.0. The van der Waals surface area contributed by atoms with E-state index in [-0.39, 0.29) is 18.0 Å². The van der Waals surface area contributed by atoms with Gasteiger partial charge in [0.15, 0.2) is 0 Å². The van der Waals surface area contributed by atoms with E-state index in [1.54, 1.807) is 0 Å². The van der Waals surface area contributed by atoms with Crippen molar-refractivity contribution >= 4 is 11.9 Å². The van der Waals surface area contributed by atoms with E-state index in [9.17, 15) is 9.59 Å². The van der Waals surface area contributed by atoms with E-state index >= 15 is 0 Å². The number of unbranched alkanes of at least 4 members (excludes halogenated alkanes) is 15. The molecule has 0 aliphatic rings. The molecule has 0 saturated heterocycles. The number of ether oxygens (including phenoxy) is 2. The molecule has 0 N–H and O–H groups in total. The second-order valence-electron chi connectivity index (χ2n) is 9.69.